The van der Waals surface area contributed by atoms with Crippen molar-refractivity contribution >= 4 is 23.9 Å². The summed E-state index contributed by atoms with van der Waals surface area (Å²) in [4.78, 5) is 48.2. The van der Waals surface area contributed by atoms with Crippen molar-refractivity contribution in [3.05, 3.63) is 0 Å². The fraction of sp³-hybridized carbons (Fsp3) is 0.909. The lowest BCUT2D eigenvalue weighted by Crippen LogP contribution is -2.69. The second-order valence-corrected chi connectivity index (χ2v) is 19.3. The van der Waals surface area contributed by atoms with Gasteiger partial charge in [-0.1, -0.05) is 0 Å². The van der Waals surface area contributed by atoms with Gasteiger partial charge >= 0.3 is 23.9 Å². The normalized spacial score (nSPS) is 48.3. The Morgan fingerprint density at radius 1 is 0.269 bits per heavy atom. The molecule has 14 N–H and O–H groups in total. The molecule has 0 amide bonds. The van der Waals surface area contributed by atoms with Crippen LogP contribution < -0.4 is 0 Å². The molecule has 22 heterocycles. The van der Waals surface area contributed by atoms with E-state index in [4.69, 9.17) is 75.8 Å². The van der Waals surface area contributed by atoms with Gasteiger partial charge in [-0.2, -0.15) is 0 Å². The summed E-state index contributed by atoms with van der Waals surface area (Å²) in [7, 11) is 0. The van der Waals surface area contributed by atoms with Gasteiger partial charge in [0.25, 0.3) is 0 Å². The number of carbonyl (C=O) groups excluding carboxylic acids is 4. The third-order valence-corrected chi connectivity index (χ3v) is 13.8. The molecule has 0 aromatic heterocycles. The van der Waals surface area contributed by atoms with Crippen molar-refractivity contribution in [2.24, 2.45) is 0 Å². The Hall–Kier alpha value is -3.16. The summed E-state index contributed by atoms with van der Waals surface area (Å²) in [5.41, 5.74) is 0. The van der Waals surface area contributed by atoms with Crippen LogP contribution in [0.2, 0.25) is 0 Å². The van der Waals surface area contributed by atoms with E-state index in [9.17, 15) is 90.7 Å². The predicted molar refractivity (Wildman–Crippen MR) is 234 cm³/mol. The molecular formula is C44H68O34. The first-order valence-corrected chi connectivity index (χ1v) is 24.6. The van der Waals surface area contributed by atoms with E-state index < -0.39 is 248 Å². The molecule has 34 heteroatoms. The number of ether oxygens (including phenoxy) is 16. The molecule has 22 aliphatic heterocycles. The number of hydrogen-bond acceptors (Lipinski definition) is 34. The van der Waals surface area contributed by atoms with Crippen molar-refractivity contribution < 1.29 is 166 Å². The van der Waals surface area contributed by atoms with Crippen LogP contribution in [0.15, 0.2) is 0 Å². The number of rotatable bonds is 10. The Bertz CT molecular complexity index is 1970. The molecule has 0 aromatic rings. The summed E-state index contributed by atoms with van der Waals surface area (Å²) in [6, 6.07) is 0. The Morgan fingerprint density at radius 3 is 0.577 bits per heavy atom. The fourth-order valence-corrected chi connectivity index (χ4v) is 9.67. The van der Waals surface area contributed by atoms with Crippen molar-refractivity contribution in [2.45, 2.75) is 212 Å². The molecule has 0 spiro atoms. The quantitative estimate of drug-likeness (QED) is 0.0713. The second kappa shape index (κ2) is 26.8. The van der Waals surface area contributed by atoms with Crippen LogP contribution >= 0.6 is 0 Å². The number of aliphatic hydroxyl groups is 14. The zero-order valence-corrected chi connectivity index (χ0v) is 42.0. The third kappa shape index (κ3) is 13.8. The Balaban J connectivity index is 1.26. The van der Waals surface area contributed by atoms with E-state index in [0.717, 1.165) is 27.7 Å². The van der Waals surface area contributed by atoms with Crippen molar-refractivity contribution in [3.63, 3.8) is 0 Å². The van der Waals surface area contributed by atoms with Gasteiger partial charge in [-0.25, -0.2) is 0 Å². The van der Waals surface area contributed by atoms with Crippen LogP contribution in [0.5, 0.6) is 0 Å². The van der Waals surface area contributed by atoms with Crippen LogP contribution in [0.1, 0.15) is 27.7 Å². The Labute approximate surface area is 441 Å². The lowest BCUT2D eigenvalue weighted by molar-refractivity contribution is -0.404. The highest BCUT2D eigenvalue weighted by molar-refractivity contribution is 5.66. The first-order chi connectivity index (χ1) is 36.8. The summed E-state index contributed by atoms with van der Waals surface area (Å²) in [6.45, 7) is -1.39. The lowest BCUT2D eigenvalue weighted by atomic mass is 9.94. The molecule has 22 saturated heterocycles. The SMILES string of the molecule is CC(=O)OCC1OC2OC3C(CO)OC(OC4C(COC(C)=O)OC(OC5C(COC(C)=O)OC(OC6C(COC(C)=O)OC(OC7C(CO)OC(OC1C(O)C2O)C(O)C7O)C(O)C6O)C(O)C5O)C(O)C4O)C(O)C3O. The van der Waals surface area contributed by atoms with Gasteiger partial charge in [-0.15, -0.1) is 0 Å². The van der Waals surface area contributed by atoms with E-state index in [1.807, 2.05) is 0 Å². The number of esters is 4. The van der Waals surface area contributed by atoms with Crippen LogP contribution in [0.3, 0.4) is 0 Å². The van der Waals surface area contributed by atoms with Crippen molar-refractivity contribution in [3.8, 4) is 0 Å². The number of carbonyl (C=O) groups is 4. The molecular weight excluding hydrogens is 1070 g/mol. The van der Waals surface area contributed by atoms with Gasteiger partial charge in [-0.05, 0) is 0 Å². The standard InChI is InChI=1S/C44H68O34/c1-11(47)63-7-17-35-23(53)29(59)41(69-17)73-33-15(5-45)68-40(28(58)22(33)52)76-36-18(8-64-12(2)48)71-43(31(61)25(36)55)78-38-20(10-66-14(4)50)72-44(32(62)26(38)56)77-37-19(9-65-13(3)49)70-42(30(60)24(37)54)74-34-16(6-46)67-39(75-35)27(57)21(34)51/h15-46,51-62H,5-10H2,1-4H3. The van der Waals surface area contributed by atoms with E-state index in [-0.39, 0.29) is 0 Å². The molecule has 0 radical (unpaired) electrons. The molecule has 22 rings (SSSR count). The Kier molecular flexibility index (Phi) is 21.5. The van der Waals surface area contributed by atoms with Gasteiger partial charge in [0.05, 0.1) is 13.2 Å². The van der Waals surface area contributed by atoms with E-state index in [0.29, 0.717) is 0 Å². The van der Waals surface area contributed by atoms with Crippen LogP contribution in [-0.4, -0.2) is 319 Å². The van der Waals surface area contributed by atoms with Gasteiger partial charge < -0.3 is 147 Å². The molecule has 22 fully saturated rings. The molecule has 78 heavy (non-hydrogen) atoms. The lowest BCUT2D eigenvalue weighted by Gasteiger charge is -2.50. The van der Waals surface area contributed by atoms with Crippen LogP contribution in [0, 0.1) is 0 Å². The number of aliphatic hydroxyl groups excluding tert-OH is 14. The monoisotopic (exact) mass is 1140 g/mol. The largest absolute Gasteiger partial charge is 0.463 e. The van der Waals surface area contributed by atoms with Gasteiger partial charge in [0.15, 0.2) is 37.7 Å². The van der Waals surface area contributed by atoms with E-state index in [1.54, 1.807) is 0 Å². The van der Waals surface area contributed by atoms with Crippen LogP contribution in [0.4, 0.5) is 0 Å². The minimum Gasteiger partial charge on any atom is -0.463 e. The molecule has 30 unspecified atom stereocenters. The molecule has 448 valence electrons. The molecule has 0 aromatic carbocycles. The second-order valence-electron chi connectivity index (χ2n) is 19.3. The summed E-state index contributed by atoms with van der Waals surface area (Å²) in [5, 5.41) is 159. The highest BCUT2D eigenvalue weighted by atomic mass is 16.8. The average Bonchev–Trinajstić information content (AvgIpc) is 3.46. The van der Waals surface area contributed by atoms with Gasteiger partial charge in [0, 0.05) is 27.7 Å². The van der Waals surface area contributed by atoms with Gasteiger partial charge in [-0.3, -0.25) is 19.2 Å². The number of hydrogen-bond donors (Lipinski definition) is 14. The summed E-state index contributed by atoms with van der Waals surface area (Å²) >= 11 is 0. The van der Waals surface area contributed by atoms with Gasteiger partial charge in [0.2, 0.25) is 0 Å². The molecule has 22 aliphatic rings. The van der Waals surface area contributed by atoms with Crippen molar-refractivity contribution in [1.82, 2.24) is 0 Å². The van der Waals surface area contributed by atoms with Crippen LogP contribution in [0.25, 0.3) is 0 Å². The highest BCUT2D eigenvalue weighted by Crippen LogP contribution is 2.38. The zero-order chi connectivity index (χ0) is 57.2. The highest BCUT2D eigenvalue weighted by Gasteiger charge is 2.59. The fourth-order valence-electron chi connectivity index (χ4n) is 9.67. The topological polar surface area (TPSA) is 499 Å². The summed E-state index contributed by atoms with van der Waals surface area (Å²) < 4.78 is 90.5. The molecule has 0 saturated carbocycles. The van der Waals surface area contributed by atoms with E-state index in [1.165, 1.54) is 0 Å². The molecule has 30 atom stereocenters. The van der Waals surface area contributed by atoms with E-state index in [2.05, 4.69) is 0 Å². The maximum atomic E-state index is 12.1. The zero-order valence-electron chi connectivity index (χ0n) is 42.0. The molecule has 12 bridgehead atoms. The maximum absolute atomic E-state index is 12.1. The predicted octanol–water partition coefficient (Wildman–Crippen LogP) is -10.8. The first-order valence-electron chi connectivity index (χ1n) is 24.6. The average molecular weight is 1140 g/mol. The third-order valence-electron chi connectivity index (χ3n) is 13.8. The minimum absolute atomic E-state index is 0.797. The molecule has 34 nitrogen and oxygen atoms in total. The van der Waals surface area contributed by atoms with Crippen molar-refractivity contribution in [2.75, 3.05) is 39.6 Å². The Morgan fingerprint density at radius 2 is 0.423 bits per heavy atom. The van der Waals surface area contributed by atoms with Crippen LogP contribution in [-0.2, 0) is 95.0 Å². The summed E-state index contributed by atoms with van der Waals surface area (Å²) in [6.07, 6.45) is -61.0. The maximum Gasteiger partial charge on any atom is 0.302 e. The van der Waals surface area contributed by atoms with E-state index >= 15 is 0 Å². The minimum atomic E-state index is -2.25. The smallest absolute Gasteiger partial charge is 0.302 e. The van der Waals surface area contributed by atoms with Gasteiger partial charge in [0.1, 0.15) is 173 Å². The van der Waals surface area contributed by atoms with Crippen molar-refractivity contribution in [1.29, 1.82) is 0 Å². The summed E-state index contributed by atoms with van der Waals surface area (Å²) in [5.74, 6) is -3.64. The first kappa shape index (κ1) is 62.4. The molecule has 0 aliphatic carbocycles.